The summed E-state index contributed by atoms with van der Waals surface area (Å²) in [6, 6.07) is 19.9. The Bertz CT molecular complexity index is 4980. The van der Waals surface area contributed by atoms with Crippen LogP contribution < -0.4 is 30.9 Å². The maximum absolute atomic E-state index is 16.0. The molecule has 1 atom stereocenters. The maximum Gasteiger partial charge on any atom is 0.328 e. The van der Waals surface area contributed by atoms with Crippen molar-refractivity contribution in [2.24, 2.45) is 5.41 Å². The zero-order valence-electron chi connectivity index (χ0n) is 86.7. The zero-order chi connectivity index (χ0) is 105. The fourth-order valence-corrected chi connectivity index (χ4v) is 17.7. The summed E-state index contributed by atoms with van der Waals surface area (Å²) in [5, 5.41) is 30.0. The maximum atomic E-state index is 16.0. The molecule has 3 fully saturated rings. The topological polar surface area (TPSA) is 443 Å². The molecule has 39 heteroatoms. The molecule has 8 amide bonds. The number of nitrogens with one attached hydrogen (secondary N) is 5. The Morgan fingerprint density at radius 1 is 0.558 bits per heavy atom. The van der Waals surface area contributed by atoms with Gasteiger partial charge < -0.3 is 112 Å². The molecule has 37 nitrogen and oxygen atoms in total. The van der Waals surface area contributed by atoms with E-state index in [-0.39, 0.29) is 124 Å². The number of aromatic amines is 1. The van der Waals surface area contributed by atoms with Crippen LogP contribution in [-0.2, 0) is 107 Å². The Morgan fingerprint density at radius 3 is 1.62 bits per heavy atom. The summed E-state index contributed by atoms with van der Waals surface area (Å²) >= 11 is 0. The van der Waals surface area contributed by atoms with Gasteiger partial charge in [0.05, 0.1) is 183 Å². The highest BCUT2D eigenvalue weighted by atomic mass is 19.1. The van der Waals surface area contributed by atoms with E-state index in [1.807, 2.05) is 23.1 Å². The fourth-order valence-electron chi connectivity index (χ4n) is 17.7. The number of hydrogen-bond donors (Lipinski definition) is 7. The van der Waals surface area contributed by atoms with Crippen LogP contribution in [0.25, 0.3) is 33.5 Å². The number of esters is 1. The Balaban J connectivity index is 0.512. The summed E-state index contributed by atoms with van der Waals surface area (Å²) in [5.41, 5.74) is 4.32. The molecule has 0 bridgehead atoms. The number of ether oxygens (including phenoxy) is 14. The first-order valence-electron chi connectivity index (χ1n) is 52.4. The molecule has 9 rings (SSSR count). The number of imide groups is 1. The van der Waals surface area contributed by atoms with Crippen molar-refractivity contribution in [3.05, 3.63) is 125 Å². The summed E-state index contributed by atoms with van der Waals surface area (Å²) in [7, 11) is 1.50. The van der Waals surface area contributed by atoms with Gasteiger partial charge in [-0.1, -0.05) is 121 Å². The van der Waals surface area contributed by atoms with Crippen molar-refractivity contribution in [2.75, 3.05) is 235 Å². The number of carboxylic acids is 2. The number of hydrogen-bond acceptors (Lipinski definition) is 27. The van der Waals surface area contributed by atoms with Crippen molar-refractivity contribution in [3.63, 3.8) is 0 Å². The Kier molecular flexibility index (Phi) is 55.6. The van der Waals surface area contributed by atoms with E-state index in [2.05, 4.69) is 60.2 Å². The van der Waals surface area contributed by atoms with E-state index in [1.54, 1.807) is 39.0 Å². The van der Waals surface area contributed by atoms with Crippen LogP contribution in [0.2, 0.25) is 0 Å². The molecule has 0 radical (unpaired) electrons. The quantitative estimate of drug-likeness (QED) is 0.0138. The summed E-state index contributed by atoms with van der Waals surface area (Å²) in [5.74, 6) is -6.07. The lowest BCUT2D eigenvalue weighted by Gasteiger charge is -2.47. The van der Waals surface area contributed by atoms with Gasteiger partial charge in [0, 0.05) is 99.3 Å². The molecular formula is C108H157F2N11O26. The van der Waals surface area contributed by atoms with Gasteiger partial charge in [-0.2, -0.15) is 0 Å². The van der Waals surface area contributed by atoms with Gasteiger partial charge >= 0.3 is 23.9 Å². The van der Waals surface area contributed by atoms with Gasteiger partial charge in [0.2, 0.25) is 23.6 Å². The number of carbonyl (C=O) groups excluding carboxylic acids is 8. The van der Waals surface area contributed by atoms with Crippen LogP contribution in [0.3, 0.4) is 0 Å². The fraction of sp³-hybridized carbons (Fsp3) is 0.630. The number of amides is 8. The molecule has 0 aliphatic carbocycles. The third-order valence-corrected chi connectivity index (χ3v) is 26.3. The first kappa shape index (κ1) is 120. The average Bonchev–Trinajstić information content (AvgIpc) is 1.37. The van der Waals surface area contributed by atoms with Gasteiger partial charge in [-0.25, -0.2) is 28.3 Å². The molecule has 4 aromatic carbocycles. The number of unbranched alkanes of at least 4 members (excludes halogenated alkanes) is 14. The minimum atomic E-state index is -1.39. The van der Waals surface area contributed by atoms with E-state index in [9.17, 15) is 53.1 Å². The minimum Gasteiger partial charge on any atom is -0.495 e. The van der Waals surface area contributed by atoms with Gasteiger partial charge in [-0.3, -0.25) is 48.6 Å². The number of urea groups is 1. The second-order valence-electron chi connectivity index (χ2n) is 37.6. The second-order valence-corrected chi connectivity index (χ2v) is 37.6. The predicted octanol–water partition coefficient (Wildman–Crippen LogP) is 13.9. The highest BCUT2D eigenvalue weighted by Crippen LogP contribution is 2.43. The van der Waals surface area contributed by atoms with Crippen molar-refractivity contribution in [1.82, 2.24) is 45.6 Å². The number of piperidine rings is 2. The summed E-state index contributed by atoms with van der Waals surface area (Å²) in [4.78, 5) is 147. The highest BCUT2D eigenvalue weighted by molar-refractivity contribution is 6.08. The number of likely N-dealkylation sites (tertiary alicyclic amines) is 2. The van der Waals surface area contributed by atoms with E-state index >= 15 is 8.78 Å². The van der Waals surface area contributed by atoms with Crippen LogP contribution in [0, 0.1) is 24.0 Å². The number of anilines is 2. The lowest BCUT2D eigenvalue weighted by molar-refractivity contribution is -0.157. The van der Waals surface area contributed by atoms with Crippen molar-refractivity contribution in [1.29, 1.82) is 0 Å². The Hall–Kier alpha value is -10.7. The van der Waals surface area contributed by atoms with Crippen LogP contribution >= 0.6 is 0 Å². The molecule has 3 aliphatic heterocycles. The molecule has 1 spiro atoms. The van der Waals surface area contributed by atoms with E-state index in [0.717, 1.165) is 126 Å². The van der Waals surface area contributed by atoms with Crippen molar-refractivity contribution >= 4 is 81.8 Å². The number of halogens is 2. The number of H-pyrrole nitrogens is 1. The smallest absolute Gasteiger partial charge is 0.328 e. The van der Waals surface area contributed by atoms with Gasteiger partial charge in [0.1, 0.15) is 47.5 Å². The van der Waals surface area contributed by atoms with Crippen molar-refractivity contribution < 1.29 is 133 Å². The van der Waals surface area contributed by atoms with E-state index in [4.69, 9.17) is 71.4 Å². The third-order valence-electron chi connectivity index (χ3n) is 26.3. The van der Waals surface area contributed by atoms with Crippen LogP contribution in [-0.4, -0.2) is 330 Å². The standard InChI is InChI=1S/C108H157F2N11O26/c1-6-7-8-9-10-11-15-18-21-42-120(98(125)22-19-16-13-12-14-17-20-23-99(126)127)92(105(131)132)31-33-95(122)111-41-50-136-52-54-138-56-58-140-60-62-142-64-66-144-68-70-146-72-71-145-69-67-143-65-63-141-61-59-139-57-55-137-53-51-135-49-36-96(123)112-78-100(128)147-107(3,4)84-29-30-86(89(110)74-84)103(129)116-90-76-85(109)75-87(80(90)2)101-88-77-91(115-102(88)114-79-113-101)82-26-24-81(25-27-82)34-43-118-45-37-108(38-46-118)39-47-119(48-40-108)104(130)83-28-32-94(134-5)93(73-83)121-44-35-97(124)117-106(121)133/h24-30,32,73-77,79,92H,6-23,31,33-72,78H2,1-5H3,(H,111,122)(H,112,123)(H,116,129)(H,126,127)(H,131,132)(H,113,114,115)(H,117,124,133). The number of carbonyl (C=O) groups is 10. The van der Waals surface area contributed by atoms with Gasteiger partial charge in [-0.15, -0.1) is 0 Å². The van der Waals surface area contributed by atoms with E-state index < -0.39 is 65.6 Å². The lowest BCUT2D eigenvalue weighted by atomic mass is 9.71. The van der Waals surface area contributed by atoms with E-state index in [1.165, 1.54) is 79.1 Å². The average molecular weight is 2060 g/mol. The molecule has 0 saturated carbocycles. The van der Waals surface area contributed by atoms with Gasteiger partial charge in [0.25, 0.3) is 11.8 Å². The number of aromatic nitrogens is 3. The van der Waals surface area contributed by atoms with Crippen LogP contribution in [0.4, 0.5) is 25.0 Å². The molecule has 1 unspecified atom stereocenters. The Morgan fingerprint density at radius 2 is 1.08 bits per heavy atom. The van der Waals surface area contributed by atoms with Crippen LogP contribution in [0.5, 0.6) is 5.75 Å². The summed E-state index contributed by atoms with van der Waals surface area (Å²) < 4.78 is 109. The number of fused-ring (bicyclic) bond motifs is 1. The van der Waals surface area contributed by atoms with Gasteiger partial charge in [-0.05, 0) is 168 Å². The van der Waals surface area contributed by atoms with E-state index in [0.29, 0.717) is 216 Å². The monoisotopic (exact) mass is 2060 g/mol. The number of aliphatic carboxylic acids is 2. The zero-order valence-corrected chi connectivity index (χ0v) is 86.7. The molecule has 3 saturated heterocycles. The van der Waals surface area contributed by atoms with Crippen molar-refractivity contribution in [3.8, 4) is 28.3 Å². The van der Waals surface area contributed by atoms with Crippen molar-refractivity contribution in [2.45, 2.75) is 213 Å². The Labute approximate surface area is 862 Å². The predicted molar refractivity (Wildman–Crippen MR) is 548 cm³/mol. The number of carboxylic acid groups (broad SMARTS) is 2. The normalized spacial score (nSPS) is 14.1. The first-order chi connectivity index (χ1) is 71.3. The largest absolute Gasteiger partial charge is 0.495 e. The molecule has 7 N–H and O–H groups in total. The first-order valence-corrected chi connectivity index (χ1v) is 52.4. The third kappa shape index (κ3) is 44.2. The molecule has 3 aliphatic rings. The highest BCUT2D eigenvalue weighted by Gasteiger charge is 2.40. The minimum absolute atomic E-state index is 0.0159. The molecule has 6 aromatic rings. The summed E-state index contributed by atoms with van der Waals surface area (Å²) in [6.45, 7) is 20.0. The summed E-state index contributed by atoms with van der Waals surface area (Å²) in [6.07, 6.45) is 22.4. The lowest BCUT2D eigenvalue weighted by Crippen LogP contribution is -2.50. The molecule has 814 valence electrons. The second kappa shape index (κ2) is 68.1. The number of methoxy groups -OCH3 is 1. The number of nitrogens with zero attached hydrogens (tertiary/aromatic N) is 6. The van der Waals surface area contributed by atoms with Gasteiger partial charge in [0.15, 0.2) is 0 Å². The molecule has 5 heterocycles. The van der Waals surface area contributed by atoms with Crippen LogP contribution in [0.15, 0.2) is 85.2 Å². The number of benzene rings is 4. The molecule has 2 aromatic heterocycles. The molecule has 147 heavy (non-hydrogen) atoms. The SMILES string of the molecule is CCCCCCCCCCCN(C(=O)CCCCCCCCCC(=O)O)C(CCC(=O)NCCOCCOCCOCCOCCOCCOCCOCCOCCOCCOCCOCCOCCC(=O)NCC(=O)OC(C)(C)c1ccc(C(=O)Nc2cc(F)cc(-c3ncnc4[nH]c(-c5ccc(CCN6CCC7(CC6)CCN(C(=O)c6ccc(OC)c(N8CCC(=O)NC8=O)c6)CC7)cc5)cc34)c2C)c(F)c1)C(=O)O. The molecular weight excluding hydrogens is 1910 g/mol. The van der Waals surface area contributed by atoms with Crippen LogP contribution in [0.1, 0.15) is 225 Å². The number of rotatable bonds is 78.